The highest BCUT2D eigenvalue weighted by atomic mass is 32.1. The Bertz CT molecular complexity index is 523. The molecule has 0 atom stereocenters. The van der Waals surface area contributed by atoms with Crippen molar-refractivity contribution in [3.8, 4) is 0 Å². The first-order valence-corrected chi connectivity index (χ1v) is 7.95. The zero-order valence-corrected chi connectivity index (χ0v) is 13.1. The maximum absolute atomic E-state index is 4.41. The Hall–Kier alpha value is -1.62. The molecule has 2 rings (SSSR count). The van der Waals surface area contributed by atoms with E-state index < -0.39 is 0 Å². The number of nitrogens with one attached hydrogen (secondary N) is 2. The molecule has 0 aliphatic rings. The van der Waals surface area contributed by atoms with Crippen LogP contribution in [0.3, 0.4) is 0 Å². The fourth-order valence-electron chi connectivity index (χ4n) is 2.05. The first kappa shape index (κ1) is 14.8. The average Bonchev–Trinajstić information content (AvgIpc) is 2.95. The molecule has 108 valence electrons. The van der Waals surface area contributed by atoms with Crippen molar-refractivity contribution in [1.29, 1.82) is 0 Å². The maximum Gasteiger partial charge on any atom is 0.135 e. The summed E-state index contributed by atoms with van der Waals surface area (Å²) in [6, 6.07) is 4.20. The Morgan fingerprint density at radius 2 is 1.95 bits per heavy atom. The minimum absolute atomic E-state index is 0.376. The Kier molecular flexibility index (Phi) is 5.35. The standard InChI is InChI=1S/C15H22N4S/c1-4-7-16-14-13(11(2)3)15(19-10-18-14)17-9-12-6-5-8-20-12/h5-6,8,10-11H,4,7,9H2,1-3H3,(H2,16,17,18,19). The molecule has 20 heavy (non-hydrogen) atoms. The number of thiophene rings is 1. The molecule has 0 saturated heterocycles. The summed E-state index contributed by atoms with van der Waals surface area (Å²) in [7, 11) is 0. The largest absolute Gasteiger partial charge is 0.370 e. The third-order valence-corrected chi connectivity index (χ3v) is 3.89. The molecule has 5 heteroatoms. The summed E-state index contributed by atoms with van der Waals surface area (Å²) in [5.41, 5.74) is 1.16. The summed E-state index contributed by atoms with van der Waals surface area (Å²) in [5.74, 6) is 2.26. The highest BCUT2D eigenvalue weighted by Crippen LogP contribution is 2.28. The zero-order chi connectivity index (χ0) is 14.4. The number of anilines is 2. The number of aromatic nitrogens is 2. The van der Waals surface area contributed by atoms with Gasteiger partial charge in [-0.2, -0.15) is 0 Å². The van der Waals surface area contributed by atoms with Crippen LogP contribution in [0.4, 0.5) is 11.6 Å². The molecule has 0 saturated carbocycles. The second kappa shape index (κ2) is 7.24. The van der Waals surface area contributed by atoms with Gasteiger partial charge in [0.15, 0.2) is 0 Å². The molecule has 0 radical (unpaired) electrons. The van der Waals surface area contributed by atoms with E-state index in [0.717, 1.165) is 36.7 Å². The molecule has 2 aromatic heterocycles. The van der Waals surface area contributed by atoms with Gasteiger partial charge in [0.25, 0.3) is 0 Å². The molecule has 2 N–H and O–H groups in total. The van der Waals surface area contributed by atoms with Crippen molar-refractivity contribution in [2.75, 3.05) is 17.2 Å². The zero-order valence-electron chi connectivity index (χ0n) is 12.3. The first-order valence-electron chi connectivity index (χ1n) is 7.07. The van der Waals surface area contributed by atoms with Crippen molar-refractivity contribution in [2.24, 2.45) is 0 Å². The third-order valence-electron chi connectivity index (χ3n) is 3.01. The van der Waals surface area contributed by atoms with E-state index in [1.165, 1.54) is 4.88 Å². The summed E-state index contributed by atoms with van der Waals surface area (Å²) < 4.78 is 0. The van der Waals surface area contributed by atoms with E-state index in [1.807, 2.05) is 0 Å². The summed E-state index contributed by atoms with van der Waals surface area (Å²) in [5, 5.41) is 8.91. The van der Waals surface area contributed by atoms with Crippen LogP contribution < -0.4 is 10.6 Å². The number of nitrogens with zero attached hydrogens (tertiary/aromatic N) is 2. The predicted octanol–water partition coefficient (Wildman–Crippen LogP) is 4.10. The van der Waals surface area contributed by atoms with Crippen LogP contribution in [-0.2, 0) is 6.54 Å². The van der Waals surface area contributed by atoms with Gasteiger partial charge in [0.2, 0.25) is 0 Å². The van der Waals surface area contributed by atoms with E-state index in [0.29, 0.717) is 5.92 Å². The van der Waals surface area contributed by atoms with Crippen molar-refractivity contribution in [2.45, 2.75) is 39.7 Å². The first-order chi connectivity index (χ1) is 9.72. The fraction of sp³-hybridized carbons (Fsp3) is 0.467. The summed E-state index contributed by atoms with van der Waals surface area (Å²) >= 11 is 1.75. The van der Waals surface area contributed by atoms with E-state index in [2.05, 4.69) is 58.9 Å². The Labute approximate surface area is 124 Å². The minimum Gasteiger partial charge on any atom is -0.370 e. The lowest BCUT2D eigenvalue weighted by atomic mass is 10.0. The lowest BCUT2D eigenvalue weighted by Crippen LogP contribution is -2.11. The molecule has 2 aromatic rings. The van der Waals surface area contributed by atoms with E-state index >= 15 is 0 Å². The van der Waals surface area contributed by atoms with E-state index in [9.17, 15) is 0 Å². The van der Waals surface area contributed by atoms with Gasteiger partial charge < -0.3 is 10.6 Å². The molecule has 0 unspecified atom stereocenters. The van der Waals surface area contributed by atoms with Gasteiger partial charge in [-0.05, 0) is 23.8 Å². The molecule has 0 fully saturated rings. The van der Waals surface area contributed by atoms with Crippen LogP contribution in [-0.4, -0.2) is 16.5 Å². The monoisotopic (exact) mass is 290 g/mol. The summed E-state index contributed by atoms with van der Waals surface area (Å²) in [4.78, 5) is 10.1. The molecule has 0 amide bonds. The highest BCUT2D eigenvalue weighted by Gasteiger charge is 2.14. The van der Waals surface area contributed by atoms with Gasteiger partial charge in [0.05, 0.1) is 6.54 Å². The molecular formula is C15H22N4S. The van der Waals surface area contributed by atoms with Crippen LogP contribution in [0.15, 0.2) is 23.8 Å². The van der Waals surface area contributed by atoms with Crippen molar-refractivity contribution in [3.05, 3.63) is 34.3 Å². The van der Waals surface area contributed by atoms with Gasteiger partial charge in [-0.3, -0.25) is 0 Å². The van der Waals surface area contributed by atoms with Crippen LogP contribution in [0.2, 0.25) is 0 Å². The molecule has 0 aromatic carbocycles. The van der Waals surface area contributed by atoms with Crippen LogP contribution in [0, 0.1) is 0 Å². The minimum atomic E-state index is 0.376. The second-order valence-electron chi connectivity index (χ2n) is 5.00. The molecular weight excluding hydrogens is 268 g/mol. The maximum atomic E-state index is 4.41. The number of rotatable bonds is 7. The van der Waals surface area contributed by atoms with Crippen LogP contribution >= 0.6 is 11.3 Å². The normalized spacial score (nSPS) is 10.8. The lowest BCUT2D eigenvalue weighted by molar-refractivity contribution is 0.839. The number of hydrogen-bond acceptors (Lipinski definition) is 5. The van der Waals surface area contributed by atoms with Crippen LogP contribution in [0.1, 0.15) is 43.6 Å². The van der Waals surface area contributed by atoms with E-state index in [-0.39, 0.29) is 0 Å². The SMILES string of the molecule is CCCNc1ncnc(NCc2cccs2)c1C(C)C. The Morgan fingerprint density at radius 3 is 2.55 bits per heavy atom. The second-order valence-corrected chi connectivity index (χ2v) is 6.03. The molecule has 4 nitrogen and oxygen atoms in total. The van der Waals surface area contributed by atoms with Gasteiger partial charge in [-0.1, -0.05) is 26.8 Å². The van der Waals surface area contributed by atoms with Gasteiger partial charge in [-0.15, -0.1) is 11.3 Å². The van der Waals surface area contributed by atoms with Gasteiger partial charge >= 0.3 is 0 Å². The lowest BCUT2D eigenvalue weighted by Gasteiger charge is -2.17. The van der Waals surface area contributed by atoms with Crippen molar-refractivity contribution < 1.29 is 0 Å². The third kappa shape index (κ3) is 3.70. The molecule has 2 heterocycles. The molecule has 0 aliphatic heterocycles. The highest BCUT2D eigenvalue weighted by molar-refractivity contribution is 7.09. The molecule has 0 spiro atoms. The van der Waals surface area contributed by atoms with Crippen molar-refractivity contribution >= 4 is 23.0 Å². The molecule has 0 bridgehead atoms. The van der Waals surface area contributed by atoms with Crippen LogP contribution in [0.5, 0.6) is 0 Å². The number of hydrogen-bond donors (Lipinski definition) is 2. The fourth-order valence-corrected chi connectivity index (χ4v) is 2.70. The van der Waals surface area contributed by atoms with Crippen LogP contribution in [0.25, 0.3) is 0 Å². The van der Waals surface area contributed by atoms with Crippen molar-refractivity contribution in [1.82, 2.24) is 9.97 Å². The average molecular weight is 290 g/mol. The summed E-state index contributed by atoms with van der Waals surface area (Å²) in [6.45, 7) is 8.24. The van der Waals surface area contributed by atoms with Crippen molar-refractivity contribution in [3.63, 3.8) is 0 Å². The van der Waals surface area contributed by atoms with Gasteiger partial charge in [0, 0.05) is 17.0 Å². The quantitative estimate of drug-likeness (QED) is 0.806. The van der Waals surface area contributed by atoms with Gasteiger partial charge in [-0.25, -0.2) is 9.97 Å². The van der Waals surface area contributed by atoms with Gasteiger partial charge in [0.1, 0.15) is 18.0 Å². The molecule has 0 aliphatic carbocycles. The van der Waals surface area contributed by atoms with E-state index in [4.69, 9.17) is 0 Å². The summed E-state index contributed by atoms with van der Waals surface area (Å²) in [6.07, 6.45) is 2.71. The predicted molar refractivity (Wildman–Crippen MR) is 86.5 cm³/mol. The Balaban J connectivity index is 2.17. The Morgan fingerprint density at radius 1 is 1.20 bits per heavy atom. The van der Waals surface area contributed by atoms with E-state index in [1.54, 1.807) is 17.7 Å². The smallest absolute Gasteiger partial charge is 0.135 e. The topological polar surface area (TPSA) is 49.8 Å².